The number of nitrogens with zero attached hydrogens (tertiary/aromatic N) is 2. The van der Waals surface area contributed by atoms with Crippen LogP contribution in [0.3, 0.4) is 0 Å². The molecule has 0 atom stereocenters. The summed E-state index contributed by atoms with van der Waals surface area (Å²) in [6, 6.07) is 13.3. The highest BCUT2D eigenvalue weighted by Crippen LogP contribution is 2.38. The highest BCUT2D eigenvalue weighted by Gasteiger charge is 2.22. The highest BCUT2D eigenvalue weighted by molar-refractivity contribution is 7.23. The van der Waals surface area contributed by atoms with Crippen molar-refractivity contribution in [2.24, 2.45) is 0 Å². The number of benzene rings is 2. The van der Waals surface area contributed by atoms with Gasteiger partial charge in [-0.25, -0.2) is 4.98 Å². The molecule has 4 rings (SSSR count). The maximum absolute atomic E-state index is 9.62. The maximum atomic E-state index is 9.62. The van der Waals surface area contributed by atoms with Crippen LogP contribution in [0.4, 0.5) is 5.82 Å². The first kappa shape index (κ1) is 17.7. The SMILES string of the molecule is CCOc1ccc2c(c1)sc1nc(-c3ccc(O)cc3)c(NC(C)(C)C)n12. The molecule has 0 aliphatic heterocycles. The van der Waals surface area contributed by atoms with Crippen LogP contribution < -0.4 is 10.1 Å². The van der Waals surface area contributed by atoms with Gasteiger partial charge in [0.25, 0.3) is 0 Å². The fourth-order valence-electron chi connectivity index (χ4n) is 3.10. The standard InChI is InChI=1S/C21H23N3O2S/c1-5-26-15-10-11-16-17(12-15)27-20-22-18(13-6-8-14(25)9-7-13)19(24(16)20)23-21(2,3)4/h6-12,23,25H,5H2,1-4H3. The summed E-state index contributed by atoms with van der Waals surface area (Å²) in [4.78, 5) is 5.83. The van der Waals surface area contributed by atoms with E-state index in [0.29, 0.717) is 6.61 Å². The summed E-state index contributed by atoms with van der Waals surface area (Å²) in [5.41, 5.74) is 2.82. The van der Waals surface area contributed by atoms with E-state index in [2.05, 4.69) is 42.6 Å². The lowest BCUT2D eigenvalue weighted by atomic mass is 10.1. The van der Waals surface area contributed by atoms with E-state index in [0.717, 1.165) is 38.0 Å². The van der Waals surface area contributed by atoms with Crippen LogP contribution in [-0.2, 0) is 0 Å². The molecule has 2 aromatic heterocycles. The number of fused-ring (bicyclic) bond motifs is 3. The number of phenolic OH excluding ortho intramolecular Hbond substituents is 1. The zero-order valence-electron chi connectivity index (χ0n) is 15.9. The van der Waals surface area contributed by atoms with Crippen LogP contribution in [0.2, 0.25) is 0 Å². The molecule has 0 fully saturated rings. The summed E-state index contributed by atoms with van der Waals surface area (Å²) in [6.07, 6.45) is 0. The number of anilines is 1. The highest BCUT2D eigenvalue weighted by atomic mass is 32.1. The Hall–Kier alpha value is -2.73. The van der Waals surface area contributed by atoms with Gasteiger partial charge in [-0.15, -0.1) is 0 Å². The summed E-state index contributed by atoms with van der Waals surface area (Å²) < 4.78 is 8.95. The Bertz CT molecular complexity index is 1100. The molecule has 2 aromatic carbocycles. The number of nitrogens with one attached hydrogen (secondary N) is 1. The first-order valence-electron chi connectivity index (χ1n) is 9.01. The minimum absolute atomic E-state index is 0.124. The van der Waals surface area contributed by atoms with E-state index in [9.17, 15) is 5.11 Å². The molecule has 0 radical (unpaired) electrons. The van der Waals surface area contributed by atoms with Gasteiger partial charge in [0.2, 0.25) is 0 Å². The third-order valence-corrected chi connectivity index (χ3v) is 5.17. The van der Waals surface area contributed by atoms with Crippen molar-refractivity contribution in [3.8, 4) is 22.8 Å². The van der Waals surface area contributed by atoms with Gasteiger partial charge in [0.1, 0.15) is 23.0 Å². The van der Waals surface area contributed by atoms with Crippen LogP contribution in [0.15, 0.2) is 42.5 Å². The van der Waals surface area contributed by atoms with Crippen LogP contribution in [0.1, 0.15) is 27.7 Å². The molecule has 0 amide bonds. The Morgan fingerprint density at radius 2 is 1.89 bits per heavy atom. The van der Waals surface area contributed by atoms with Crippen LogP contribution in [-0.4, -0.2) is 26.6 Å². The number of aromatic hydroxyl groups is 1. The van der Waals surface area contributed by atoms with Crippen molar-refractivity contribution in [1.82, 2.24) is 9.38 Å². The topological polar surface area (TPSA) is 58.8 Å². The Balaban J connectivity index is 1.95. The van der Waals surface area contributed by atoms with Gasteiger partial charge in [0.05, 0.1) is 16.8 Å². The largest absolute Gasteiger partial charge is 0.508 e. The lowest BCUT2D eigenvalue weighted by Gasteiger charge is -2.22. The lowest BCUT2D eigenvalue weighted by molar-refractivity contribution is 0.341. The van der Waals surface area contributed by atoms with E-state index in [1.165, 1.54) is 0 Å². The van der Waals surface area contributed by atoms with Crippen LogP contribution >= 0.6 is 11.3 Å². The Kier molecular flexibility index (Phi) is 4.23. The van der Waals surface area contributed by atoms with E-state index >= 15 is 0 Å². The number of imidazole rings is 1. The zero-order chi connectivity index (χ0) is 19.2. The van der Waals surface area contributed by atoms with E-state index in [1.807, 2.05) is 25.1 Å². The summed E-state index contributed by atoms with van der Waals surface area (Å²) in [5.74, 6) is 2.08. The fraction of sp³-hybridized carbons (Fsp3) is 0.286. The van der Waals surface area contributed by atoms with Crippen LogP contribution in [0.5, 0.6) is 11.5 Å². The van der Waals surface area contributed by atoms with E-state index in [4.69, 9.17) is 9.72 Å². The van der Waals surface area contributed by atoms with Gasteiger partial charge in [-0.05, 0) is 70.2 Å². The number of rotatable bonds is 4. The molecule has 0 aliphatic rings. The zero-order valence-corrected chi connectivity index (χ0v) is 16.7. The molecule has 0 saturated carbocycles. The molecule has 6 heteroatoms. The lowest BCUT2D eigenvalue weighted by Crippen LogP contribution is -2.27. The van der Waals surface area contributed by atoms with Gasteiger partial charge in [-0.2, -0.15) is 0 Å². The van der Waals surface area contributed by atoms with Gasteiger partial charge in [0.15, 0.2) is 4.96 Å². The van der Waals surface area contributed by atoms with E-state index in [-0.39, 0.29) is 11.3 Å². The Morgan fingerprint density at radius 3 is 2.56 bits per heavy atom. The minimum atomic E-state index is -0.124. The number of aromatic nitrogens is 2. The van der Waals surface area contributed by atoms with Crippen molar-refractivity contribution >= 4 is 32.3 Å². The number of hydrogen-bond acceptors (Lipinski definition) is 5. The van der Waals surface area contributed by atoms with Gasteiger partial charge < -0.3 is 15.2 Å². The van der Waals surface area contributed by atoms with Gasteiger partial charge in [0, 0.05) is 11.1 Å². The molecular weight excluding hydrogens is 358 g/mol. The fourth-order valence-corrected chi connectivity index (χ4v) is 4.15. The molecule has 2 heterocycles. The molecular formula is C21H23N3O2S. The van der Waals surface area contributed by atoms with Gasteiger partial charge >= 0.3 is 0 Å². The molecule has 27 heavy (non-hydrogen) atoms. The molecule has 140 valence electrons. The second kappa shape index (κ2) is 6.46. The second-order valence-corrected chi connectivity index (χ2v) is 8.52. The summed E-state index contributed by atoms with van der Waals surface area (Å²) in [5, 5.41) is 13.2. The van der Waals surface area contributed by atoms with Crippen molar-refractivity contribution < 1.29 is 9.84 Å². The number of hydrogen-bond donors (Lipinski definition) is 2. The van der Waals surface area contributed by atoms with Crippen molar-refractivity contribution in [2.45, 2.75) is 33.2 Å². The van der Waals surface area contributed by atoms with Crippen molar-refractivity contribution in [3.05, 3.63) is 42.5 Å². The predicted octanol–water partition coefficient (Wildman–Crippen LogP) is 5.53. The minimum Gasteiger partial charge on any atom is -0.508 e. The third kappa shape index (κ3) is 3.32. The first-order chi connectivity index (χ1) is 12.9. The quantitative estimate of drug-likeness (QED) is 0.488. The molecule has 0 saturated heterocycles. The molecule has 4 aromatic rings. The third-order valence-electron chi connectivity index (χ3n) is 4.17. The van der Waals surface area contributed by atoms with Gasteiger partial charge in [-0.1, -0.05) is 11.3 Å². The first-order valence-corrected chi connectivity index (χ1v) is 9.83. The predicted molar refractivity (Wildman–Crippen MR) is 112 cm³/mol. The molecule has 5 nitrogen and oxygen atoms in total. The number of thiazole rings is 1. The molecule has 0 spiro atoms. The molecule has 2 N–H and O–H groups in total. The maximum Gasteiger partial charge on any atom is 0.197 e. The van der Waals surface area contributed by atoms with Crippen molar-refractivity contribution in [1.29, 1.82) is 0 Å². The van der Waals surface area contributed by atoms with Gasteiger partial charge in [-0.3, -0.25) is 4.40 Å². The number of phenols is 1. The molecule has 0 unspecified atom stereocenters. The van der Waals surface area contributed by atoms with Crippen molar-refractivity contribution in [3.63, 3.8) is 0 Å². The van der Waals surface area contributed by atoms with Crippen LogP contribution in [0, 0.1) is 0 Å². The van der Waals surface area contributed by atoms with Crippen LogP contribution in [0.25, 0.3) is 26.4 Å². The Morgan fingerprint density at radius 1 is 1.15 bits per heavy atom. The average Bonchev–Trinajstić information content (AvgIpc) is 3.11. The van der Waals surface area contributed by atoms with Crippen molar-refractivity contribution in [2.75, 3.05) is 11.9 Å². The molecule has 0 bridgehead atoms. The summed E-state index contributed by atoms with van der Waals surface area (Å²) in [7, 11) is 0. The normalized spacial score (nSPS) is 12.0. The average molecular weight is 382 g/mol. The Labute approximate surface area is 162 Å². The number of ether oxygens (including phenoxy) is 1. The summed E-state index contributed by atoms with van der Waals surface area (Å²) >= 11 is 1.64. The van der Waals surface area contributed by atoms with E-state index < -0.39 is 0 Å². The monoisotopic (exact) mass is 381 g/mol. The second-order valence-electron chi connectivity index (χ2n) is 7.51. The van der Waals surface area contributed by atoms with E-state index in [1.54, 1.807) is 23.5 Å². The summed E-state index contributed by atoms with van der Waals surface area (Å²) in [6.45, 7) is 9.04. The smallest absolute Gasteiger partial charge is 0.197 e. The molecule has 0 aliphatic carbocycles.